The fourth-order valence-corrected chi connectivity index (χ4v) is 6.24. The number of unbranched alkanes of at least 4 members (excludes halogenated alkanes) is 6. The van der Waals surface area contributed by atoms with Crippen molar-refractivity contribution in [2.45, 2.75) is 77.4 Å². The first-order valence-electron chi connectivity index (χ1n) is 13.7. The number of halogens is 1. The van der Waals surface area contributed by atoms with Crippen LogP contribution in [-0.4, -0.2) is 45.0 Å². The van der Waals surface area contributed by atoms with Gasteiger partial charge in [-0.05, 0) is 24.1 Å². The zero-order chi connectivity index (χ0) is 27.5. The van der Waals surface area contributed by atoms with E-state index in [-0.39, 0.29) is 25.0 Å². The maximum Gasteiger partial charge on any atom is 0.356 e. The summed E-state index contributed by atoms with van der Waals surface area (Å²) >= 11 is 6.09. The molecule has 0 saturated carbocycles. The predicted molar refractivity (Wildman–Crippen MR) is 151 cm³/mol. The second kappa shape index (κ2) is 14.9. The van der Waals surface area contributed by atoms with E-state index in [2.05, 4.69) is 27.2 Å². The molecule has 2 aromatic heterocycles. The van der Waals surface area contributed by atoms with E-state index in [4.69, 9.17) is 25.4 Å². The Labute approximate surface area is 234 Å². The number of carbonyl (C=O) groups excluding carboxylic acids is 1. The maximum atomic E-state index is 13.1. The smallest absolute Gasteiger partial charge is 0.356 e. The molecule has 39 heavy (non-hydrogen) atoms. The molecule has 1 fully saturated rings. The number of nitrogens with zero attached hydrogens (tertiary/aromatic N) is 4. The van der Waals surface area contributed by atoms with Crippen LogP contribution in [0.1, 0.15) is 76.4 Å². The van der Waals surface area contributed by atoms with Crippen molar-refractivity contribution in [3.63, 3.8) is 0 Å². The molecule has 0 aliphatic carbocycles. The Hall–Kier alpha value is -2.36. The van der Waals surface area contributed by atoms with Gasteiger partial charge in [-0.25, -0.2) is 15.0 Å². The monoisotopic (exact) mass is 577 g/mol. The van der Waals surface area contributed by atoms with Crippen LogP contribution in [-0.2, 0) is 29.7 Å². The molecule has 1 saturated heterocycles. The van der Waals surface area contributed by atoms with Crippen molar-refractivity contribution in [2.24, 2.45) is 0 Å². The highest BCUT2D eigenvalue weighted by Gasteiger charge is 2.34. The van der Waals surface area contributed by atoms with Crippen molar-refractivity contribution in [3.05, 3.63) is 47.5 Å². The van der Waals surface area contributed by atoms with Gasteiger partial charge in [0, 0.05) is 24.4 Å². The van der Waals surface area contributed by atoms with Gasteiger partial charge < -0.3 is 19.1 Å². The molecule has 3 heterocycles. The Kier molecular flexibility index (Phi) is 11.3. The highest BCUT2D eigenvalue weighted by molar-refractivity contribution is 7.53. The summed E-state index contributed by atoms with van der Waals surface area (Å²) < 4.78 is 31.8. The Bertz CT molecular complexity index is 1270. The number of carbonyl (C=O) groups is 1. The fourth-order valence-electron chi connectivity index (χ4n) is 4.49. The van der Waals surface area contributed by atoms with Crippen LogP contribution in [0.5, 0.6) is 0 Å². The zero-order valence-corrected chi connectivity index (χ0v) is 24.0. The molecular weight excluding hydrogens is 541 g/mol. The Morgan fingerprint density at radius 2 is 2.00 bits per heavy atom. The van der Waals surface area contributed by atoms with Crippen molar-refractivity contribution in [2.75, 3.05) is 24.9 Å². The van der Waals surface area contributed by atoms with Crippen LogP contribution in [0.4, 0.5) is 5.82 Å². The van der Waals surface area contributed by atoms with Crippen LogP contribution in [0.2, 0.25) is 5.02 Å². The lowest BCUT2D eigenvalue weighted by molar-refractivity contribution is -0.116. The molecule has 2 unspecified atom stereocenters. The minimum absolute atomic E-state index is 0.0743. The Balaban J connectivity index is 1.23. The van der Waals surface area contributed by atoms with Gasteiger partial charge in [0.05, 0.1) is 25.6 Å². The molecule has 2 atom stereocenters. The zero-order valence-electron chi connectivity index (χ0n) is 22.4. The van der Waals surface area contributed by atoms with E-state index >= 15 is 0 Å². The Morgan fingerprint density at radius 3 is 2.82 bits per heavy atom. The van der Waals surface area contributed by atoms with Gasteiger partial charge in [0.25, 0.3) is 0 Å². The lowest BCUT2D eigenvalue weighted by atomic mass is 10.1. The summed E-state index contributed by atoms with van der Waals surface area (Å²) in [7, 11) is -3.41. The van der Waals surface area contributed by atoms with Crippen molar-refractivity contribution >= 4 is 42.1 Å². The SMILES string of the molecule is CCCCCCCCCC(=O)Nc1ncnc2c1ncn2CCOCP1(=O)OCCC(c2cccc(Cl)c2)O1. The molecular formula is C27H37ClN5O5P. The van der Waals surface area contributed by atoms with Crippen LogP contribution in [0.25, 0.3) is 11.2 Å². The van der Waals surface area contributed by atoms with Gasteiger partial charge in [0.15, 0.2) is 17.0 Å². The van der Waals surface area contributed by atoms with Crippen LogP contribution < -0.4 is 5.32 Å². The molecule has 12 heteroatoms. The topological polar surface area (TPSA) is 117 Å². The summed E-state index contributed by atoms with van der Waals surface area (Å²) in [5.41, 5.74) is 1.96. The molecule has 212 valence electrons. The van der Waals surface area contributed by atoms with Crippen molar-refractivity contribution in [1.82, 2.24) is 19.5 Å². The molecule has 0 spiro atoms. The van der Waals surface area contributed by atoms with Gasteiger partial charge in [-0.2, -0.15) is 0 Å². The average Bonchev–Trinajstić information content (AvgIpc) is 3.35. The van der Waals surface area contributed by atoms with Crippen LogP contribution in [0.15, 0.2) is 36.9 Å². The van der Waals surface area contributed by atoms with Gasteiger partial charge in [0.2, 0.25) is 5.91 Å². The first-order chi connectivity index (χ1) is 19.0. The fraction of sp³-hybridized carbons (Fsp3) is 0.556. The molecule has 1 amide bonds. The van der Waals surface area contributed by atoms with Crippen molar-refractivity contribution < 1.29 is 23.1 Å². The second-order valence-electron chi connectivity index (χ2n) is 9.67. The number of hydrogen-bond acceptors (Lipinski definition) is 8. The van der Waals surface area contributed by atoms with Gasteiger partial charge in [0.1, 0.15) is 12.7 Å². The third-order valence-electron chi connectivity index (χ3n) is 6.57. The third kappa shape index (κ3) is 8.82. The number of hydrogen-bond donors (Lipinski definition) is 1. The number of fused-ring (bicyclic) bond motifs is 1. The number of anilines is 1. The summed E-state index contributed by atoms with van der Waals surface area (Å²) in [6.07, 6.45) is 11.6. The minimum atomic E-state index is -3.41. The Morgan fingerprint density at radius 1 is 1.18 bits per heavy atom. The molecule has 0 bridgehead atoms. The van der Waals surface area contributed by atoms with Crippen LogP contribution in [0.3, 0.4) is 0 Å². The van der Waals surface area contributed by atoms with Gasteiger partial charge in [-0.1, -0.05) is 69.2 Å². The van der Waals surface area contributed by atoms with Crippen molar-refractivity contribution in [1.29, 1.82) is 0 Å². The maximum absolute atomic E-state index is 13.1. The number of amides is 1. The van der Waals surface area contributed by atoms with E-state index in [0.29, 0.717) is 48.0 Å². The first-order valence-corrected chi connectivity index (χ1v) is 15.8. The summed E-state index contributed by atoms with van der Waals surface area (Å²) in [6.45, 7) is 3.18. The lowest BCUT2D eigenvalue weighted by Crippen LogP contribution is -2.17. The van der Waals surface area contributed by atoms with E-state index < -0.39 is 7.60 Å². The average molecular weight is 578 g/mol. The molecule has 1 aliphatic rings. The highest BCUT2D eigenvalue weighted by Crippen LogP contribution is 2.56. The quantitative estimate of drug-likeness (QED) is 0.153. The third-order valence-corrected chi connectivity index (χ3v) is 8.45. The summed E-state index contributed by atoms with van der Waals surface area (Å²) in [6, 6.07) is 7.32. The number of rotatable bonds is 15. The van der Waals surface area contributed by atoms with Crippen LogP contribution in [0, 0.1) is 0 Å². The number of imidazole rings is 1. The van der Waals surface area contributed by atoms with Gasteiger partial charge in [-0.3, -0.25) is 13.9 Å². The standard InChI is InChI=1S/C27H37ClN5O5P/c1-2-3-4-5-6-7-8-12-24(34)32-26-25-27(30-18-29-26)33(19-31-25)14-16-36-20-39(35)37-15-13-23(38-39)21-10-9-11-22(28)17-21/h9-11,17-19,23H,2-8,12-16,20H2,1H3,(H,29,30,32,34). The first kappa shape index (κ1) is 29.6. The molecule has 1 N–H and O–H groups in total. The molecule has 1 aromatic carbocycles. The minimum Gasteiger partial charge on any atom is -0.367 e. The largest absolute Gasteiger partial charge is 0.367 e. The van der Waals surface area contributed by atoms with E-state index in [1.807, 2.05) is 12.1 Å². The van der Waals surface area contributed by atoms with E-state index in [1.165, 1.54) is 32.0 Å². The van der Waals surface area contributed by atoms with E-state index in [1.54, 1.807) is 23.0 Å². The molecule has 0 radical (unpaired) electrons. The second-order valence-corrected chi connectivity index (χ2v) is 12.1. The van der Waals surface area contributed by atoms with E-state index in [0.717, 1.165) is 24.8 Å². The molecule has 4 rings (SSSR count). The lowest BCUT2D eigenvalue weighted by Gasteiger charge is -2.30. The number of aromatic nitrogens is 4. The summed E-state index contributed by atoms with van der Waals surface area (Å²) in [5.74, 6) is 0.322. The predicted octanol–water partition coefficient (Wildman–Crippen LogP) is 6.90. The molecule has 1 aliphatic heterocycles. The van der Waals surface area contributed by atoms with Gasteiger partial charge >= 0.3 is 7.60 Å². The van der Waals surface area contributed by atoms with Crippen LogP contribution >= 0.6 is 19.2 Å². The summed E-state index contributed by atoms with van der Waals surface area (Å²) in [5, 5.41) is 3.47. The molecule has 10 nitrogen and oxygen atoms in total. The number of benzene rings is 1. The number of nitrogens with one attached hydrogen (secondary N) is 1. The van der Waals surface area contributed by atoms with Crippen molar-refractivity contribution in [3.8, 4) is 0 Å². The normalized spacial score (nSPS) is 19.4. The summed E-state index contributed by atoms with van der Waals surface area (Å²) in [4.78, 5) is 25.4. The van der Waals surface area contributed by atoms with Gasteiger partial charge in [-0.15, -0.1) is 0 Å². The highest BCUT2D eigenvalue weighted by atomic mass is 35.5. The number of ether oxygens (including phenoxy) is 1. The molecule has 3 aromatic rings. The van der Waals surface area contributed by atoms with E-state index in [9.17, 15) is 9.36 Å².